The quantitative estimate of drug-likeness (QED) is 0.862. The van der Waals surface area contributed by atoms with Gasteiger partial charge in [0.25, 0.3) is 0 Å². The largest absolute Gasteiger partial charge is 0.335 e. The molecule has 0 aromatic heterocycles. The SMILES string of the molecule is CCC(C)N(Cc1ccccc1)C(=O)C1CNC1. The molecule has 1 aliphatic rings. The van der Waals surface area contributed by atoms with Crippen LogP contribution in [-0.2, 0) is 11.3 Å². The minimum absolute atomic E-state index is 0.183. The van der Waals surface area contributed by atoms with Gasteiger partial charge in [-0.25, -0.2) is 0 Å². The van der Waals surface area contributed by atoms with Gasteiger partial charge in [0.1, 0.15) is 0 Å². The molecule has 3 nitrogen and oxygen atoms in total. The van der Waals surface area contributed by atoms with Gasteiger partial charge in [0, 0.05) is 25.7 Å². The van der Waals surface area contributed by atoms with E-state index in [4.69, 9.17) is 0 Å². The van der Waals surface area contributed by atoms with Crippen LogP contribution in [0, 0.1) is 5.92 Å². The predicted octanol–water partition coefficient (Wildman–Crippen LogP) is 2.03. The Bertz CT molecular complexity index is 387. The van der Waals surface area contributed by atoms with E-state index in [9.17, 15) is 4.79 Å². The molecule has 1 N–H and O–H groups in total. The van der Waals surface area contributed by atoms with Gasteiger partial charge in [-0.15, -0.1) is 0 Å². The number of carbonyl (C=O) groups excluding carboxylic acids is 1. The third-order valence-electron chi connectivity index (χ3n) is 3.73. The fraction of sp³-hybridized carbons (Fsp3) is 0.533. The first kappa shape index (κ1) is 13.1. The summed E-state index contributed by atoms with van der Waals surface area (Å²) < 4.78 is 0. The summed E-state index contributed by atoms with van der Waals surface area (Å²) in [5.74, 6) is 0.481. The standard InChI is InChI=1S/C15H22N2O/c1-3-12(2)17(15(18)14-9-16-10-14)11-13-7-5-4-6-8-13/h4-8,12,14,16H,3,9-11H2,1-2H3. The molecule has 1 atom stereocenters. The van der Waals surface area contributed by atoms with E-state index in [1.165, 1.54) is 5.56 Å². The van der Waals surface area contributed by atoms with Crippen molar-refractivity contribution in [2.45, 2.75) is 32.9 Å². The Morgan fingerprint density at radius 2 is 2.06 bits per heavy atom. The number of amides is 1. The number of rotatable bonds is 5. The highest BCUT2D eigenvalue weighted by molar-refractivity contribution is 5.80. The van der Waals surface area contributed by atoms with Crippen LogP contribution in [-0.4, -0.2) is 29.9 Å². The Labute approximate surface area is 109 Å². The van der Waals surface area contributed by atoms with Crippen LogP contribution in [0.2, 0.25) is 0 Å². The molecule has 1 saturated heterocycles. The lowest BCUT2D eigenvalue weighted by atomic mass is 10.00. The molecule has 18 heavy (non-hydrogen) atoms. The maximum absolute atomic E-state index is 12.4. The summed E-state index contributed by atoms with van der Waals surface area (Å²) in [5.41, 5.74) is 1.21. The van der Waals surface area contributed by atoms with E-state index in [-0.39, 0.29) is 5.92 Å². The first-order valence-corrected chi connectivity index (χ1v) is 6.77. The number of nitrogens with one attached hydrogen (secondary N) is 1. The normalized spacial score (nSPS) is 17.0. The maximum Gasteiger partial charge on any atom is 0.228 e. The molecule has 0 aliphatic carbocycles. The van der Waals surface area contributed by atoms with Gasteiger partial charge >= 0.3 is 0 Å². The summed E-state index contributed by atoms with van der Waals surface area (Å²) in [4.78, 5) is 14.4. The van der Waals surface area contributed by atoms with Gasteiger partial charge in [0.05, 0.1) is 5.92 Å². The predicted molar refractivity (Wildman–Crippen MR) is 73.1 cm³/mol. The monoisotopic (exact) mass is 246 g/mol. The topological polar surface area (TPSA) is 32.3 Å². The van der Waals surface area contributed by atoms with Crippen molar-refractivity contribution in [2.24, 2.45) is 5.92 Å². The Kier molecular flexibility index (Phi) is 4.37. The summed E-state index contributed by atoms with van der Waals surface area (Å²) in [7, 11) is 0. The zero-order valence-corrected chi connectivity index (χ0v) is 11.2. The zero-order chi connectivity index (χ0) is 13.0. The zero-order valence-electron chi connectivity index (χ0n) is 11.2. The van der Waals surface area contributed by atoms with Crippen molar-refractivity contribution in [2.75, 3.05) is 13.1 Å². The highest BCUT2D eigenvalue weighted by Crippen LogP contribution is 2.16. The number of carbonyl (C=O) groups is 1. The minimum atomic E-state index is 0.183. The number of hydrogen-bond donors (Lipinski definition) is 1. The average molecular weight is 246 g/mol. The second kappa shape index (κ2) is 6.01. The van der Waals surface area contributed by atoms with Crippen LogP contribution >= 0.6 is 0 Å². The number of hydrogen-bond acceptors (Lipinski definition) is 2. The van der Waals surface area contributed by atoms with E-state index in [1.807, 2.05) is 23.1 Å². The molecule has 0 radical (unpaired) electrons. The van der Waals surface area contributed by atoms with Gasteiger partial charge in [0.15, 0.2) is 0 Å². The second-order valence-electron chi connectivity index (χ2n) is 5.06. The van der Waals surface area contributed by atoms with Crippen LogP contribution in [0.15, 0.2) is 30.3 Å². The van der Waals surface area contributed by atoms with Crippen molar-refractivity contribution < 1.29 is 4.79 Å². The maximum atomic E-state index is 12.4. The average Bonchev–Trinajstić information content (AvgIpc) is 2.34. The van der Waals surface area contributed by atoms with E-state index in [1.54, 1.807) is 0 Å². The molecule has 1 fully saturated rings. The molecule has 2 rings (SSSR count). The van der Waals surface area contributed by atoms with E-state index < -0.39 is 0 Å². The van der Waals surface area contributed by atoms with E-state index in [2.05, 4.69) is 31.3 Å². The van der Waals surface area contributed by atoms with Crippen LogP contribution in [0.3, 0.4) is 0 Å². The Hall–Kier alpha value is -1.35. The fourth-order valence-corrected chi connectivity index (χ4v) is 2.15. The lowest BCUT2D eigenvalue weighted by Gasteiger charge is -2.35. The molecule has 1 aliphatic heterocycles. The van der Waals surface area contributed by atoms with Crippen LogP contribution in [0.4, 0.5) is 0 Å². The first-order valence-electron chi connectivity index (χ1n) is 6.77. The van der Waals surface area contributed by atoms with Crippen molar-refractivity contribution in [3.63, 3.8) is 0 Å². The summed E-state index contributed by atoms with van der Waals surface area (Å²) in [6, 6.07) is 10.5. The number of benzene rings is 1. The Morgan fingerprint density at radius 3 is 2.56 bits per heavy atom. The highest BCUT2D eigenvalue weighted by atomic mass is 16.2. The van der Waals surface area contributed by atoms with Gasteiger partial charge in [0.2, 0.25) is 5.91 Å². The van der Waals surface area contributed by atoms with E-state index in [0.29, 0.717) is 11.9 Å². The molecule has 98 valence electrons. The Balaban J connectivity index is 2.07. The van der Waals surface area contributed by atoms with Gasteiger partial charge in [-0.1, -0.05) is 37.3 Å². The smallest absolute Gasteiger partial charge is 0.228 e. The van der Waals surface area contributed by atoms with Gasteiger partial charge in [-0.2, -0.15) is 0 Å². The van der Waals surface area contributed by atoms with Crippen molar-refractivity contribution >= 4 is 5.91 Å². The first-order chi connectivity index (χ1) is 8.72. The molecule has 1 unspecified atom stereocenters. The van der Waals surface area contributed by atoms with E-state index >= 15 is 0 Å². The van der Waals surface area contributed by atoms with Gasteiger partial charge in [-0.3, -0.25) is 4.79 Å². The molecule has 1 amide bonds. The van der Waals surface area contributed by atoms with E-state index in [0.717, 1.165) is 26.1 Å². The molecule has 0 bridgehead atoms. The van der Waals surface area contributed by atoms with Crippen LogP contribution in [0.1, 0.15) is 25.8 Å². The minimum Gasteiger partial charge on any atom is -0.335 e. The summed E-state index contributed by atoms with van der Waals surface area (Å²) in [6.45, 7) is 6.66. The number of nitrogens with zero attached hydrogens (tertiary/aromatic N) is 1. The van der Waals surface area contributed by atoms with Gasteiger partial charge < -0.3 is 10.2 Å². The molecule has 3 heteroatoms. The lowest BCUT2D eigenvalue weighted by molar-refractivity contribution is -0.140. The summed E-state index contributed by atoms with van der Waals surface area (Å²) in [6.07, 6.45) is 0.999. The molecule has 1 heterocycles. The van der Waals surface area contributed by atoms with Crippen molar-refractivity contribution in [3.8, 4) is 0 Å². The lowest BCUT2D eigenvalue weighted by Crippen LogP contribution is -2.53. The molecule has 0 saturated carbocycles. The fourth-order valence-electron chi connectivity index (χ4n) is 2.15. The Morgan fingerprint density at radius 1 is 1.39 bits per heavy atom. The summed E-state index contributed by atoms with van der Waals surface area (Å²) in [5, 5.41) is 3.17. The van der Waals surface area contributed by atoms with Crippen molar-refractivity contribution in [1.82, 2.24) is 10.2 Å². The van der Waals surface area contributed by atoms with Crippen LogP contribution in [0.25, 0.3) is 0 Å². The van der Waals surface area contributed by atoms with Gasteiger partial charge in [-0.05, 0) is 18.9 Å². The summed E-state index contributed by atoms with van der Waals surface area (Å²) >= 11 is 0. The molecular formula is C15H22N2O. The van der Waals surface area contributed by atoms with Crippen molar-refractivity contribution in [3.05, 3.63) is 35.9 Å². The molecule has 1 aromatic rings. The molecule has 1 aromatic carbocycles. The third kappa shape index (κ3) is 2.91. The third-order valence-corrected chi connectivity index (χ3v) is 3.73. The second-order valence-corrected chi connectivity index (χ2v) is 5.06. The molecule has 0 spiro atoms. The highest BCUT2D eigenvalue weighted by Gasteiger charge is 2.31. The molecular weight excluding hydrogens is 224 g/mol. The van der Waals surface area contributed by atoms with Crippen LogP contribution in [0.5, 0.6) is 0 Å². The van der Waals surface area contributed by atoms with Crippen LogP contribution < -0.4 is 5.32 Å². The van der Waals surface area contributed by atoms with Crippen molar-refractivity contribution in [1.29, 1.82) is 0 Å².